The molecule has 0 saturated heterocycles. The summed E-state index contributed by atoms with van der Waals surface area (Å²) in [4.78, 5) is 7.28. The number of anilines is 3. The third-order valence-electron chi connectivity index (χ3n) is 10.7. The van der Waals surface area contributed by atoms with E-state index in [0.29, 0.717) is 0 Å². The minimum atomic E-state index is 0.879. The number of rotatable bonds is 6. The van der Waals surface area contributed by atoms with Gasteiger partial charge in [-0.2, -0.15) is 0 Å². The second kappa shape index (κ2) is 12.8. The summed E-state index contributed by atoms with van der Waals surface area (Å²) in [5.74, 6) is 0. The van der Waals surface area contributed by atoms with Gasteiger partial charge >= 0.3 is 0 Å². The number of nitrogens with zero attached hydrogens (tertiary/aromatic N) is 2. The second-order valence-electron chi connectivity index (χ2n) is 13.9. The van der Waals surface area contributed by atoms with Gasteiger partial charge < -0.3 is 9.32 Å². The zero-order valence-corrected chi connectivity index (χ0v) is 30.5. The van der Waals surface area contributed by atoms with Gasteiger partial charge in [0.05, 0.1) is 10.2 Å². The molecule has 0 amide bonds. The van der Waals surface area contributed by atoms with Crippen LogP contribution in [0.1, 0.15) is 0 Å². The van der Waals surface area contributed by atoms with Crippen molar-refractivity contribution in [2.45, 2.75) is 0 Å². The van der Waals surface area contributed by atoms with Gasteiger partial charge in [-0.3, -0.25) is 0 Å². The Morgan fingerprint density at radius 3 is 1.80 bits per heavy atom. The van der Waals surface area contributed by atoms with Crippen LogP contribution in [0.25, 0.3) is 86.5 Å². The first kappa shape index (κ1) is 31.5. The number of furan rings is 1. The maximum absolute atomic E-state index is 6.47. The predicted octanol–water partition coefficient (Wildman–Crippen LogP) is 15.0. The molecule has 4 heteroatoms. The molecule has 0 unspecified atom stereocenters. The summed E-state index contributed by atoms with van der Waals surface area (Å²) in [5, 5.41) is 8.34. The third-order valence-corrected chi connectivity index (χ3v) is 11.8. The fraction of sp³-hybridized carbons (Fsp3) is 0. The molecule has 3 nitrogen and oxygen atoms in total. The summed E-state index contributed by atoms with van der Waals surface area (Å²) in [6.07, 6.45) is 0. The Hall–Kier alpha value is -7.01. The van der Waals surface area contributed by atoms with Crippen LogP contribution in [0.15, 0.2) is 199 Å². The molecule has 0 aliphatic heterocycles. The van der Waals surface area contributed by atoms with Crippen molar-refractivity contribution in [3.05, 3.63) is 194 Å². The van der Waals surface area contributed by atoms with Crippen molar-refractivity contribution in [1.82, 2.24) is 4.98 Å². The van der Waals surface area contributed by atoms with Crippen LogP contribution in [0.4, 0.5) is 17.1 Å². The smallest absolute Gasteiger partial charge is 0.137 e. The van der Waals surface area contributed by atoms with E-state index >= 15 is 0 Å². The molecule has 258 valence electrons. The van der Waals surface area contributed by atoms with E-state index in [9.17, 15) is 0 Å². The van der Waals surface area contributed by atoms with Gasteiger partial charge in [0.25, 0.3) is 0 Å². The van der Waals surface area contributed by atoms with Gasteiger partial charge in [-0.1, -0.05) is 127 Å². The average molecular weight is 721 g/mol. The van der Waals surface area contributed by atoms with Crippen LogP contribution in [-0.4, -0.2) is 4.98 Å². The first-order valence-corrected chi connectivity index (χ1v) is 19.3. The minimum Gasteiger partial charge on any atom is -0.456 e. The molecule has 0 aliphatic rings. The van der Waals surface area contributed by atoms with Crippen LogP contribution in [-0.2, 0) is 0 Å². The van der Waals surface area contributed by atoms with E-state index in [-0.39, 0.29) is 0 Å². The Kier molecular flexibility index (Phi) is 7.35. The molecule has 0 atom stereocenters. The Balaban J connectivity index is 0.944. The molecular formula is C51H32N2OS. The lowest BCUT2D eigenvalue weighted by Crippen LogP contribution is -2.09. The summed E-state index contributed by atoms with van der Waals surface area (Å²) in [6.45, 7) is 0. The number of hydrogen-bond donors (Lipinski definition) is 0. The summed E-state index contributed by atoms with van der Waals surface area (Å²) in [7, 11) is 0. The summed E-state index contributed by atoms with van der Waals surface area (Å²) >= 11 is 1.72. The normalized spacial score (nSPS) is 11.6. The van der Waals surface area contributed by atoms with E-state index in [1.807, 2.05) is 6.07 Å². The molecule has 0 saturated carbocycles. The Labute approximate surface area is 322 Å². The van der Waals surface area contributed by atoms with Gasteiger partial charge in [0.1, 0.15) is 16.2 Å². The van der Waals surface area contributed by atoms with Crippen molar-refractivity contribution in [1.29, 1.82) is 0 Å². The molecule has 0 N–H and O–H groups in total. The van der Waals surface area contributed by atoms with Gasteiger partial charge in [-0.25, -0.2) is 4.98 Å². The molecule has 55 heavy (non-hydrogen) atoms. The molecule has 2 aromatic heterocycles. The maximum Gasteiger partial charge on any atom is 0.137 e. The number of benzene rings is 9. The molecular weight excluding hydrogens is 689 g/mol. The van der Waals surface area contributed by atoms with E-state index in [1.165, 1.54) is 32.7 Å². The summed E-state index contributed by atoms with van der Waals surface area (Å²) < 4.78 is 7.63. The number of thiazole rings is 1. The van der Waals surface area contributed by atoms with Crippen molar-refractivity contribution in [3.63, 3.8) is 0 Å². The third kappa shape index (κ3) is 5.38. The molecule has 2 heterocycles. The van der Waals surface area contributed by atoms with Crippen molar-refractivity contribution in [3.8, 4) is 32.8 Å². The molecule has 0 fully saturated rings. The first-order chi connectivity index (χ1) is 27.2. The number of fused-ring (bicyclic) bond motifs is 8. The van der Waals surface area contributed by atoms with Crippen LogP contribution in [0, 0.1) is 0 Å². The SMILES string of the molecule is c1ccc(-c2nc3ccc4oc5cc(-c6ccc(N(c7ccccc7)c7ccc(-c8cc9ccccc9c9ccccc89)cc7)cc6)ccc5c4c3s2)cc1. The highest BCUT2D eigenvalue weighted by molar-refractivity contribution is 7.22. The molecule has 11 aromatic rings. The Bertz CT molecular complexity index is 3180. The Morgan fingerprint density at radius 1 is 0.418 bits per heavy atom. The second-order valence-corrected chi connectivity index (χ2v) is 14.9. The fourth-order valence-electron chi connectivity index (χ4n) is 8.04. The van der Waals surface area contributed by atoms with Crippen LogP contribution in [0.5, 0.6) is 0 Å². The lowest BCUT2D eigenvalue weighted by atomic mass is 9.93. The number of aromatic nitrogens is 1. The van der Waals surface area contributed by atoms with Crippen molar-refractivity contribution < 1.29 is 4.42 Å². The van der Waals surface area contributed by atoms with Gasteiger partial charge in [-0.15, -0.1) is 11.3 Å². The van der Waals surface area contributed by atoms with Crippen LogP contribution in [0.3, 0.4) is 0 Å². The highest BCUT2D eigenvalue weighted by Gasteiger charge is 2.17. The molecule has 0 bridgehead atoms. The average Bonchev–Trinajstić information content (AvgIpc) is 3.86. The Morgan fingerprint density at radius 2 is 1.04 bits per heavy atom. The van der Waals surface area contributed by atoms with Gasteiger partial charge in [0.15, 0.2) is 0 Å². The van der Waals surface area contributed by atoms with E-state index in [0.717, 1.165) is 70.9 Å². The van der Waals surface area contributed by atoms with Crippen molar-refractivity contribution in [2.24, 2.45) is 0 Å². The van der Waals surface area contributed by atoms with Crippen molar-refractivity contribution in [2.75, 3.05) is 4.90 Å². The lowest BCUT2D eigenvalue weighted by Gasteiger charge is -2.26. The number of para-hydroxylation sites is 1. The van der Waals surface area contributed by atoms with Gasteiger partial charge in [-0.05, 0) is 111 Å². The predicted molar refractivity (Wildman–Crippen MR) is 233 cm³/mol. The van der Waals surface area contributed by atoms with Gasteiger partial charge in [0.2, 0.25) is 0 Å². The maximum atomic E-state index is 6.47. The monoisotopic (exact) mass is 720 g/mol. The zero-order chi connectivity index (χ0) is 36.3. The standard InChI is InChI=1S/C51H32N2OS/c1-3-11-35(12-4-1)51-52-46-29-30-47-49(50(46)55-51)44-28-23-36(32-48(44)54-47)33-19-24-39(25-20-33)53(38-14-5-2-6-15-38)40-26-21-34(22-27-40)45-31-37-13-7-8-16-41(37)42-17-9-10-18-43(42)45/h1-32H. The lowest BCUT2D eigenvalue weighted by molar-refractivity contribution is 0.669. The molecule has 11 rings (SSSR count). The zero-order valence-electron chi connectivity index (χ0n) is 29.7. The molecule has 0 spiro atoms. The highest BCUT2D eigenvalue weighted by Crippen LogP contribution is 2.42. The van der Waals surface area contributed by atoms with E-state index in [1.54, 1.807) is 11.3 Å². The van der Waals surface area contributed by atoms with Crippen LogP contribution >= 0.6 is 11.3 Å². The topological polar surface area (TPSA) is 29.3 Å². The van der Waals surface area contributed by atoms with E-state index < -0.39 is 0 Å². The quantitative estimate of drug-likeness (QED) is 0.160. The summed E-state index contributed by atoms with van der Waals surface area (Å²) in [5.41, 5.74) is 11.9. The van der Waals surface area contributed by atoms with Crippen molar-refractivity contribution >= 4 is 82.1 Å². The molecule has 0 radical (unpaired) electrons. The van der Waals surface area contributed by atoms with E-state index in [4.69, 9.17) is 9.40 Å². The van der Waals surface area contributed by atoms with Crippen LogP contribution < -0.4 is 4.90 Å². The molecule has 9 aromatic carbocycles. The highest BCUT2D eigenvalue weighted by atomic mass is 32.1. The van der Waals surface area contributed by atoms with E-state index in [2.05, 4.69) is 193 Å². The fourth-order valence-corrected chi connectivity index (χ4v) is 9.16. The first-order valence-electron chi connectivity index (χ1n) is 18.5. The van der Waals surface area contributed by atoms with Gasteiger partial charge in [0, 0.05) is 33.4 Å². The number of hydrogen-bond acceptors (Lipinski definition) is 4. The summed E-state index contributed by atoms with van der Waals surface area (Å²) in [6, 6.07) is 69.2. The van der Waals surface area contributed by atoms with Crippen LogP contribution in [0.2, 0.25) is 0 Å². The minimum absolute atomic E-state index is 0.879. The largest absolute Gasteiger partial charge is 0.456 e. The molecule has 0 aliphatic carbocycles.